The van der Waals surface area contributed by atoms with E-state index in [-0.39, 0.29) is 5.69 Å². The molecule has 0 spiro atoms. The van der Waals surface area contributed by atoms with Gasteiger partial charge in [0.1, 0.15) is 12.4 Å². The molecule has 9 heteroatoms. The van der Waals surface area contributed by atoms with E-state index in [1.807, 2.05) is 24.3 Å². The molecule has 3 rings (SSSR count). The van der Waals surface area contributed by atoms with Crippen molar-refractivity contribution in [3.63, 3.8) is 0 Å². The van der Waals surface area contributed by atoms with Crippen LogP contribution in [0.25, 0.3) is 10.8 Å². The Morgan fingerprint density at radius 1 is 1.00 bits per heavy atom. The smallest absolute Gasteiger partial charge is 0.488 e. The number of halogens is 4. The molecule has 0 radical (unpaired) electrons. The van der Waals surface area contributed by atoms with Gasteiger partial charge >= 0.3 is 15.5 Å². The van der Waals surface area contributed by atoms with Crippen LogP contribution >= 0.6 is 15.9 Å². The standard InChI is InChI=1S/C18H13BrF3NO3S/c19-14-5-1-3-12(9-14)11-26-17-6-2-4-13-10-15(7-8-16(13)17)23-27(24,25)18(20,21)22/h1-10,23H,11H2. The number of hydrogen-bond donors (Lipinski definition) is 1. The molecule has 0 atom stereocenters. The first-order valence-corrected chi connectivity index (χ1v) is 9.92. The third-order valence-electron chi connectivity index (χ3n) is 3.68. The zero-order valence-electron chi connectivity index (χ0n) is 13.6. The van der Waals surface area contributed by atoms with Crippen molar-refractivity contribution in [2.24, 2.45) is 0 Å². The van der Waals surface area contributed by atoms with Gasteiger partial charge in [0.05, 0.1) is 0 Å². The lowest BCUT2D eigenvalue weighted by molar-refractivity contribution is -0.0429. The quantitative estimate of drug-likeness (QED) is 0.552. The van der Waals surface area contributed by atoms with Crippen molar-refractivity contribution in [1.82, 2.24) is 0 Å². The maximum Gasteiger partial charge on any atom is 0.516 e. The number of alkyl halides is 3. The molecule has 0 saturated heterocycles. The van der Waals surface area contributed by atoms with Crippen molar-refractivity contribution in [3.05, 3.63) is 70.7 Å². The maximum atomic E-state index is 12.5. The van der Waals surface area contributed by atoms with Gasteiger partial charge in [0.25, 0.3) is 0 Å². The Kier molecular flexibility index (Phi) is 5.34. The highest BCUT2D eigenvalue weighted by Gasteiger charge is 2.46. The van der Waals surface area contributed by atoms with Crippen LogP contribution < -0.4 is 9.46 Å². The summed E-state index contributed by atoms with van der Waals surface area (Å²) in [6, 6.07) is 16.8. The molecule has 142 valence electrons. The molecule has 0 amide bonds. The Hall–Kier alpha value is -2.26. The van der Waals surface area contributed by atoms with E-state index in [0.717, 1.165) is 10.0 Å². The van der Waals surface area contributed by atoms with E-state index >= 15 is 0 Å². The minimum Gasteiger partial charge on any atom is -0.488 e. The second-order valence-electron chi connectivity index (χ2n) is 5.66. The van der Waals surface area contributed by atoms with Gasteiger partial charge in [0.2, 0.25) is 0 Å². The third-order valence-corrected chi connectivity index (χ3v) is 5.29. The molecular formula is C18H13BrF3NO3S. The van der Waals surface area contributed by atoms with Crippen molar-refractivity contribution in [2.45, 2.75) is 12.1 Å². The van der Waals surface area contributed by atoms with Crippen LogP contribution in [-0.2, 0) is 16.6 Å². The van der Waals surface area contributed by atoms with Crippen molar-refractivity contribution in [3.8, 4) is 5.75 Å². The van der Waals surface area contributed by atoms with E-state index in [1.54, 1.807) is 18.2 Å². The first-order chi connectivity index (χ1) is 12.7. The van der Waals surface area contributed by atoms with E-state index in [2.05, 4.69) is 15.9 Å². The van der Waals surface area contributed by atoms with Gasteiger partial charge in [-0.3, -0.25) is 4.72 Å². The van der Waals surface area contributed by atoms with Crippen LogP contribution in [0.5, 0.6) is 5.75 Å². The predicted octanol–water partition coefficient (Wildman–Crippen LogP) is 5.44. The summed E-state index contributed by atoms with van der Waals surface area (Å²) in [7, 11) is -5.47. The fraction of sp³-hybridized carbons (Fsp3) is 0.111. The van der Waals surface area contributed by atoms with Crippen LogP contribution in [0.15, 0.2) is 65.1 Å². The Bertz CT molecular complexity index is 1080. The summed E-state index contributed by atoms with van der Waals surface area (Å²) in [6.45, 7) is 0.307. The first-order valence-electron chi connectivity index (χ1n) is 7.65. The molecule has 0 aliphatic heterocycles. The SMILES string of the molecule is O=S(=O)(Nc1ccc2c(OCc3cccc(Br)c3)cccc2c1)C(F)(F)F. The highest BCUT2D eigenvalue weighted by molar-refractivity contribution is 9.10. The normalized spacial score (nSPS) is 12.1. The molecule has 0 aliphatic carbocycles. The fourth-order valence-electron chi connectivity index (χ4n) is 2.44. The summed E-state index contributed by atoms with van der Waals surface area (Å²) in [5.41, 5.74) is -4.61. The van der Waals surface area contributed by atoms with Gasteiger partial charge in [-0.15, -0.1) is 0 Å². The number of anilines is 1. The number of nitrogens with one attached hydrogen (secondary N) is 1. The van der Waals surface area contributed by atoms with Gasteiger partial charge in [-0.1, -0.05) is 40.2 Å². The predicted molar refractivity (Wildman–Crippen MR) is 101 cm³/mol. The summed E-state index contributed by atoms with van der Waals surface area (Å²) in [4.78, 5) is 0. The number of hydrogen-bond acceptors (Lipinski definition) is 3. The maximum absolute atomic E-state index is 12.5. The van der Waals surface area contributed by atoms with Crippen molar-refractivity contribution in [1.29, 1.82) is 0 Å². The van der Waals surface area contributed by atoms with Gasteiger partial charge in [0, 0.05) is 15.5 Å². The van der Waals surface area contributed by atoms with Gasteiger partial charge in [0.15, 0.2) is 0 Å². The largest absolute Gasteiger partial charge is 0.516 e. The van der Waals surface area contributed by atoms with E-state index in [1.165, 1.54) is 22.9 Å². The average molecular weight is 460 g/mol. The number of sulfonamides is 1. The summed E-state index contributed by atoms with van der Waals surface area (Å²) in [5.74, 6) is 0.540. The molecule has 3 aromatic carbocycles. The van der Waals surface area contributed by atoms with Crippen LogP contribution in [0, 0.1) is 0 Å². The molecule has 1 N–H and O–H groups in total. The zero-order chi connectivity index (χ0) is 19.7. The summed E-state index contributed by atoms with van der Waals surface area (Å²) in [5, 5.41) is 1.20. The highest BCUT2D eigenvalue weighted by atomic mass is 79.9. The highest BCUT2D eigenvalue weighted by Crippen LogP contribution is 2.31. The first kappa shape index (κ1) is 19.5. The van der Waals surface area contributed by atoms with Crippen LogP contribution in [0.1, 0.15) is 5.56 Å². The monoisotopic (exact) mass is 459 g/mol. The van der Waals surface area contributed by atoms with Crippen LogP contribution in [0.3, 0.4) is 0 Å². The molecule has 0 fully saturated rings. The van der Waals surface area contributed by atoms with Gasteiger partial charge in [-0.2, -0.15) is 21.6 Å². The molecule has 0 unspecified atom stereocenters. The van der Waals surface area contributed by atoms with Gasteiger partial charge in [-0.25, -0.2) is 0 Å². The van der Waals surface area contributed by atoms with Crippen molar-refractivity contribution < 1.29 is 26.3 Å². The zero-order valence-corrected chi connectivity index (χ0v) is 16.0. The van der Waals surface area contributed by atoms with Gasteiger partial charge in [-0.05, 0) is 47.3 Å². The Labute approximate surface area is 162 Å². The van der Waals surface area contributed by atoms with Crippen molar-refractivity contribution >= 4 is 42.4 Å². The molecule has 0 bridgehead atoms. The molecule has 0 heterocycles. The molecule has 3 aromatic rings. The fourth-order valence-corrected chi connectivity index (χ4v) is 3.44. The molecule has 0 aromatic heterocycles. The lowest BCUT2D eigenvalue weighted by Gasteiger charge is -2.13. The Balaban J connectivity index is 1.85. The summed E-state index contributed by atoms with van der Waals surface area (Å²) in [6.07, 6.45) is 0. The van der Waals surface area contributed by atoms with E-state index in [9.17, 15) is 21.6 Å². The van der Waals surface area contributed by atoms with E-state index in [4.69, 9.17) is 4.74 Å². The van der Waals surface area contributed by atoms with Crippen LogP contribution in [0.2, 0.25) is 0 Å². The van der Waals surface area contributed by atoms with Gasteiger partial charge < -0.3 is 4.74 Å². The second-order valence-corrected chi connectivity index (χ2v) is 8.25. The van der Waals surface area contributed by atoms with E-state index < -0.39 is 15.5 Å². The number of fused-ring (bicyclic) bond motifs is 1. The van der Waals surface area contributed by atoms with E-state index in [0.29, 0.717) is 23.1 Å². The second kappa shape index (κ2) is 7.40. The van der Waals surface area contributed by atoms with Crippen molar-refractivity contribution in [2.75, 3.05) is 4.72 Å². The number of ether oxygens (including phenoxy) is 1. The molecular weight excluding hydrogens is 447 g/mol. The molecule has 27 heavy (non-hydrogen) atoms. The minimum atomic E-state index is -5.47. The molecule has 0 aliphatic rings. The summed E-state index contributed by atoms with van der Waals surface area (Å²) < 4.78 is 68.3. The minimum absolute atomic E-state index is 0.177. The van der Waals surface area contributed by atoms with Crippen LogP contribution in [-0.4, -0.2) is 13.9 Å². The summed E-state index contributed by atoms with van der Waals surface area (Å²) >= 11 is 3.38. The average Bonchev–Trinajstić information content (AvgIpc) is 2.58. The molecule has 0 saturated carbocycles. The number of benzene rings is 3. The third kappa shape index (κ3) is 4.54. The van der Waals surface area contributed by atoms with Crippen LogP contribution in [0.4, 0.5) is 18.9 Å². The topological polar surface area (TPSA) is 55.4 Å². The lowest BCUT2D eigenvalue weighted by Crippen LogP contribution is -2.29. The number of rotatable bonds is 5. The lowest BCUT2D eigenvalue weighted by atomic mass is 10.1. The Morgan fingerprint density at radius 2 is 1.74 bits per heavy atom. The Morgan fingerprint density at radius 3 is 2.44 bits per heavy atom. The molecule has 4 nitrogen and oxygen atoms in total.